The van der Waals surface area contributed by atoms with Crippen LogP contribution in [0.15, 0.2) is 47.1 Å². The lowest BCUT2D eigenvalue weighted by Crippen LogP contribution is -1.91. The molecule has 0 amide bonds. The van der Waals surface area contributed by atoms with E-state index in [9.17, 15) is 4.39 Å². The molecular formula is C15H12FN3O. The standard InChI is InChI=1S/C15H12FN3O/c1-9-8-10(16)5-6-11(9)14-13(15(17)20-19-14)12-4-2-3-7-18-12/h2-8H,17H2,1H3. The minimum absolute atomic E-state index is 0.197. The number of halogens is 1. The average Bonchev–Trinajstić information content (AvgIpc) is 2.81. The Balaban J connectivity index is 2.21. The second kappa shape index (κ2) is 4.77. The van der Waals surface area contributed by atoms with Gasteiger partial charge in [-0.05, 0) is 42.8 Å². The lowest BCUT2D eigenvalue weighted by Gasteiger charge is -2.05. The molecule has 20 heavy (non-hydrogen) atoms. The monoisotopic (exact) mass is 269 g/mol. The first-order valence-corrected chi connectivity index (χ1v) is 6.10. The van der Waals surface area contributed by atoms with Gasteiger partial charge in [0, 0.05) is 11.8 Å². The van der Waals surface area contributed by atoms with Crippen LogP contribution in [0.3, 0.4) is 0 Å². The molecule has 3 rings (SSSR count). The summed E-state index contributed by atoms with van der Waals surface area (Å²) in [7, 11) is 0. The average molecular weight is 269 g/mol. The number of aromatic nitrogens is 2. The summed E-state index contributed by atoms with van der Waals surface area (Å²) >= 11 is 0. The van der Waals surface area contributed by atoms with Gasteiger partial charge in [0.05, 0.1) is 11.3 Å². The van der Waals surface area contributed by atoms with Crippen LogP contribution in [0.5, 0.6) is 0 Å². The van der Waals surface area contributed by atoms with Crippen molar-refractivity contribution in [3.63, 3.8) is 0 Å². The molecular weight excluding hydrogens is 257 g/mol. The number of anilines is 1. The van der Waals surface area contributed by atoms with E-state index in [2.05, 4.69) is 10.1 Å². The Bertz CT molecular complexity index is 753. The number of nitrogens with two attached hydrogens (primary N) is 1. The third-order valence-corrected chi connectivity index (χ3v) is 3.08. The van der Waals surface area contributed by atoms with E-state index in [1.54, 1.807) is 12.3 Å². The molecule has 0 saturated carbocycles. The smallest absolute Gasteiger partial charge is 0.232 e. The van der Waals surface area contributed by atoms with Crippen LogP contribution in [0.1, 0.15) is 5.56 Å². The molecule has 0 aliphatic rings. The summed E-state index contributed by atoms with van der Waals surface area (Å²) in [6.45, 7) is 1.81. The highest BCUT2D eigenvalue weighted by Gasteiger charge is 2.19. The molecule has 3 aromatic rings. The van der Waals surface area contributed by atoms with Crippen LogP contribution in [-0.2, 0) is 0 Å². The Labute approximate surface area is 115 Å². The minimum Gasteiger partial charge on any atom is -0.367 e. The Morgan fingerprint density at radius 1 is 1.20 bits per heavy atom. The maximum atomic E-state index is 13.2. The van der Waals surface area contributed by atoms with Crippen molar-refractivity contribution in [3.8, 4) is 22.5 Å². The van der Waals surface area contributed by atoms with Crippen molar-refractivity contribution in [1.29, 1.82) is 0 Å². The molecule has 1 aromatic carbocycles. The van der Waals surface area contributed by atoms with Gasteiger partial charge < -0.3 is 10.3 Å². The summed E-state index contributed by atoms with van der Waals surface area (Å²) in [5.41, 5.74) is 9.24. The van der Waals surface area contributed by atoms with Crippen molar-refractivity contribution in [2.24, 2.45) is 0 Å². The predicted molar refractivity (Wildman–Crippen MR) is 74.3 cm³/mol. The van der Waals surface area contributed by atoms with Crippen molar-refractivity contribution < 1.29 is 8.91 Å². The molecule has 0 unspecified atom stereocenters. The Kier molecular flexibility index (Phi) is 2.95. The molecule has 0 radical (unpaired) electrons. The summed E-state index contributed by atoms with van der Waals surface area (Å²) in [6.07, 6.45) is 1.67. The second-order valence-corrected chi connectivity index (χ2v) is 4.44. The van der Waals surface area contributed by atoms with Crippen LogP contribution in [0.2, 0.25) is 0 Å². The van der Waals surface area contributed by atoms with E-state index in [-0.39, 0.29) is 11.7 Å². The van der Waals surface area contributed by atoms with Crippen molar-refractivity contribution in [1.82, 2.24) is 10.1 Å². The molecule has 4 nitrogen and oxygen atoms in total. The molecule has 100 valence electrons. The molecule has 5 heteroatoms. The van der Waals surface area contributed by atoms with Gasteiger partial charge in [-0.3, -0.25) is 4.98 Å². The number of pyridine rings is 1. The van der Waals surface area contributed by atoms with Gasteiger partial charge in [0.1, 0.15) is 11.5 Å². The minimum atomic E-state index is -0.290. The predicted octanol–water partition coefficient (Wildman–Crippen LogP) is 3.43. The fourth-order valence-electron chi connectivity index (χ4n) is 2.14. The van der Waals surface area contributed by atoms with Crippen LogP contribution in [0.4, 0.5) is 10.3 Å². The highest BCUT2D eigenvalue weighted by Crippen LogP contribution is 2.36. The number of benzene rings is 1. The molecule has 0 aliphatic heterocycles. The molecule has 2 aromatic heterocycles. The van der Waals surface area contributed by atoms with E-state index in [1.165, 1.54) is 12.1 Å². The van der Waals surface area contributed by atoms with Gasteiger partial charge in [0.25, 0.3) is 0 Å². The Hall–Kier alpha value is -2.69. The zero-order valence-corrected chi connectivity index (χ0v) is 10.8. The van der Waals surface area contributed by atoms with Gasteiger partial charge in [-0.1, -0.05) is 11.2 Å². The maximum Gasteiger partial charge on any atom is 0.232 e. The first kappa shape index (κ1) is 12.3. The van der Waals surface area contributed by atoms with Crippen molar-refractivity contribution in [2.45, 2.75) is 6.92 Å². The van der Waals surface area contributed by atoms with E-state index in [0.29, 0.717) is 17.0 Å². The van der Waals surface area contributed by atoms with E-state index < -0.39 is 0 Å². The van der Waals surface area contributed by atoms with Crippen LogP contribution in [0.25, 0.3) is 22.5 Å². The lowest BCUT2D eigenvalue weighted by atomic mass is 10.0. The molecule has 0 fully saturated rings. The largest absolute Gasteiger partial charge is 0.367 e. The van der Waals surface area contributed by atoms with Gasteiger partial charge in [-0.25, -0.2) is 4.39 Å². The van der Waals surface area contributed by atoms with E-state index in [4.69, 9.17) is 10.3 Å². The molecule has 2 heterocycles. The fourth-order valence-corrected chi connectivity index (χ4v) is 2.14. The summed E-state index contributed by atoms with van der Waals surface area (Å²) in [6, 6.07) is 9.99. The van der Waals surface area contributed by atoms with Crippen molar-refractivity contribution in [3.05, 3.63) is 54.0 Å². The molecule has 0 bridgehead atoms. The van der Waals surface area contributed by atoms with Crippen LogP contribution < -0.4 is 5.73 Å². The number of rotatable bonds is 2. The second-order valence-electron chi connectivity index (χ2n) is 4.44. The molecule has 0 spiro atoms. The summed E-state index contributed by atoms with van der Waals surface area (Å²) in [5.74, 6) is -0.0930. The quantitative estimate of drug-likeness (QED) is 0.774. The molecule has 0 aliphatic carbocycles. The molecule has 0 atom stereocenters. The van der Waals surface area contributed by atoms with E-state index in [1.807, 2.05) is 25.1 Å². The van der Waals surface area contributed by atoms with Gasteiger partial charge in [0.15, 0.2) is 0 Å². The number of nitrogen functional groups attached to an aromatic ring is 1. The Morgan fingerprint density at radius 3 is 2.75 bits per heavy atom. The SMILES string of the molecule is Cc1cc(F)ccc1-c1noc(N)c1-c1ccccn1. The zero-order valence-electron chi connectivity index (χ0n) is 10.8. The van der Waals surface area contributed by atoms with Gasteiger partial charge in [-0.15, -0.1) is 0 Å². The number of aryl methyl sites for hydroxylation is 1. The third kappa shape index (κ3) is 2.03. The summed E-state index contributed by atoms with van der Waals surface area (Å²) in [5, 5.41) is 3.99. The number of hydrogen-bond acceptors (Lipinski definition) is 4. The maximum absolute atomic E-state index is 13.2. The molecule has 0 saturated heterocycles. The fraction of sp³-hybridized carbons (Fsp3) is 0.0667. The van der Waals surface area contributed by atoms with Gasteiger partial charge >= 0.3 is 0 Å². The zero-order chi connectivity index (χ0) is 14.1. The highest BCUT2D eigenvalue weighted by molar-refractivity contribution is 5.86. The first-order valence-electron chi connectivity index (χ1n) is 6.10. The van der Waals surface area contributed by atoms with Gasteiger partial charge in [0.2, 0.25) is 5.88 Å². The normalized spacial score (nSPS) is 10.7. The third-order valence-electron chi connectivity index (χ3n) is 3.08. The van der Waals surface area contributed by atoms with Crippen molar-refractivity contribution in [2.75, 3.05) is 5.73 Å². The van der Waals surface area contributed by atoms with E-state index in [0.717, 1.165) is 11.1 Å². The number of hydrogen-bond donors (Lipinski definition) is 1. The highest BCUT2D eigenvalue weighted by atomic mass is 19.1. The summed E-state index contributed by atoms with van der Waals surface area (Å²) < 4.78 is 18.3. The summed E-state index contributed by atoms with van der Waals surface area (Å²) in [4.78, 5) is 4.26. The van der Waals surface area contributed by atoms with Crippen LogP contribution in [-0.4, -0.2) is 10.1 Å². The lowest BCUT2D eigenvalue weighted by molar-refractivity contribution is 0.439. The van der Waals surface area contributed by atoms with Crippen LogP contribution >= 0.6 is 0 Å². The Morgan fingerprint density at radius 2 is 2.05 bits per heavy atom. The van der Waals surface area contributed by atoms with Crippen molar-refractivity contribution >= 4 is 5.88 Å². The topological polar surface area (TPSA) is 64.9 Å². The number of nitrogens with zero attached hydrogens (tertiary/aromatic N) is 2. The molecule has 2 N–H and O–H groups in total. The van der Waals surface area contributed by atoms with Gasteiger partial charge in [-0.2, -0.15) is 0 Å². The first-order chi connectivity index (χ1) is 9.66. The van der Waals surface area contributed by atoms with Crippen LogP contribution in [0, 0.1) is 12.7 Å². The van der Waals surface area contributed by atoms with E-state index >= 15 is 0 Å².